The molecule has 3 rings (SSSR count). The SMILES string of the molecule is O=C(O)c1ccc2c(c1)ncn2C1CCS(=O)CC1. The van der Waals surface area contributed by atoms with E-state index in [0.29, 0.717) is 11.6 Å². The van der Waals surface area contributed by atoms with E-state index in [1.165, 1.54) is 0 Å². The van der Waals surface area contributed by atoms with Crippen molar-refractivity contribution in [2.75, 3.05) is 11.5 Å². The van der Waals surface area contributed by atoms with Crippen molar-refractivity contribution < 1.29 is 14.1 Å². The Labute approximate surface area is 112 Å². The number of aromatic carboxylic acids is 1. The molecule has 0 bridgehead atoms. The number of aromatic nitrogens is 2. The molecule has 0 spiro atoms. The lowest BCUT2D eigenvalue weighted by atomic mass is 10.1. The summed E-state index contributed by atoms with van der Waals surface area (Å²) < 4.78 is 13.5. The molecule has 1 N–H and O–H groups in total. The van der Waals surface area contributed by atoms with Gasteiger partial charge in [0.1, 0.15) is 0 Å². The smallest absolute Gasteiger partial charge is 0.335 e. The number of hydrogen-bond acceptors (Lipinski definition) is 3. The van der Waals surface area contributed by atoms with Crippen molar-refractivity contribution in [3.63, 3.8) is 0 Å². The number of rotatable bonds is 2. The molecule has 1 aromatic carbocycles. The molecule has 0 atom stereocenters. The standard InChI is InChI=1S/C13H14N2O3S/c16-13(17)9-1-2-12-11(7-9)14-8-15(12)10-3-5-19(18)6-4-10/h1-2,7-8,10H,3-6H2,(H,16,17). The predicted octanol–water partition coefficient (Wildman–Crippen LogP) is 1.82. The molecule has 1 aliphatic heterocycles. The zero-order valence-corrected chi connectivity index (χ0v) is 11.1. The van der Waals surface area contributed by atoms with Crippen LogP contribution in [0.2, 0.25) is 0 Å². The van der Waals surface area contributed by atoms with Gasteiger partial charge in [0.2, 0.25) is 0 Å². The summed E-state index contributed by atoms with van der Waals surface area (Å²) in [5, 5.41) is 8.96. The second-order valence-electron chi connectivity index (χ2n) is 4.74. The van der Waals surface area contributed by atoms with Crippen LogP contribution in [0.25, 0.3) is 11.0 Å². The van der Waals surface area contributed by atoms with Gasteiger partial charge in [-0.3, -0.25) is 4.21 Å². The fourth-order valence-electron chi connectivity index (χ4n) is 2.52. The van der Waals surface area contributed by atoms with Crippen molar-refractivity contribution in [2.45, 2.75) is 18.9 Å². The molecular weight excluding hydrogens is 264 g/mol. The predicted molar refractivity (Wildman–Crippen MR) is 72.8 cm³/mol. The Balaban J connectivity index is 1.97. The highest BCUT2D eigenvalue weighted by Gasteiger charge is 2.21. The second kappa shape index (κ2) is 4.77. The van der Waals surface area contributed by atoms with Crippen molar-refractivity contribution in [1.82, 2.24) is 9.55 Å². The Morgan fingerprint density at radius 3 is 2.79 bits per heavy atom. The zero-order valence-electron chi connectivity index (χ0n) is 10.3. The molecule has 1 aromatic heterocycles. The van der Waals surface area contributed by atoms with Crippen LogP contribution in [0.4, 0.5) is 0 Å². The lowest BCUT2D eigenvalue weighted by Crippen LogP contribution is -2.21. The molecule has 2 aromatic rings. The third-order valence-corrected chi connectivity index (χ3v) is 4.95. The number of fused-ring (bicyclic) bond motifs is 1. The van der Waals surface area contributed by atoms with Crippen molar-refractivity contribution in [3.8, 4) is 0 Å². The minimum absolute atomic E-state index is 0.252. The van der Waals surface area contributed by atoms with E-state index in [0.717, 1.165) is 29.9 Å². The molecule has 0 saturated carbocycles. The number of carboxylic acids is 1. The van der Waals surface area contributed by atoms with Crippen LogP contribution in [0.15, 0.2) is 24.5 Å². The lowest BCUT2D eigenvalue weighted by Gasteiger charge is -2.23. The minimum Gasteiger partial charge on any atom is -0.478 e. The van der Waals surface area contributed by atoms with E-state index in [-0.39, 0.29) is 5.56 Å². The summed E-state index contributed by atoms with van der Waals surface area (Å²) in [6.45, 7) is 0. The van der Waals surface area contributed by atoms with Gasteiger partial charge in [0.15, 0.2) is 0 Å². The lowest BCUT2D eigenvalue weighted by molar-refractivity contribution is 0.0697. The average Bonchev–Trinajstić information content (AvgIpc) is 2.82. The molecule has 1 saturated heterocycles. The van der Waals surface area contributed by atoms with E-state index in [9.17, 15) is 9.00 Å². The maximum atomic E-state index is 11.4. The number of benzene rings is 1. The van der Waals surface area contributed by atoms with Crippen LogP contribution < -0.4 is 0 Å². The van der Waals surface area contributed by atoms with Gasteiger partial charge in [0.25, 0.3) is 0 Å². The molecule has 5 nitrogen and oxygen atoms in total. The van der Waals surface area contributed by atoms with Crippen molar-refractivity contribution >= 4 is 27.8 Å². The highest BCUT2D eigenvalue weighted by Crippen LogP contribution is 2.26. The molecule has 100 valence electrons. The number of nitrogens with zero attached hydrogens (tertiary/aromatic N) is 2. The molecule has 2 heterocycles. The Kier molecular flexibility index (Phi) is 3.10. The van der Waals surface area contributed by atoms with E-state index in [1.54, 1.807) is 24.5 Å². The third-order valence-electron chi connectivity index (χ3n) is 3.57. The van der Waals surface area contributed by atoms with Crippen LogP contribution in [-0.4, -0.2) is 36.3 Å². The Morgan fingerprint density at radius 1 is 1.37 bits per heavy atom. The summed E-state index contributed by atoms with van der Waals surface area (Å²) in [4.78, 5) is 15.2. The fourth-order valence-corrected chi connectivity index (χ4v) is 3.79. The highest BCUT2D eigenvalue weighted by atomic mass is 32.2. The molecule has 19 heavy (non-hydrogen) atoms. The average molecular weight is 278 g/mol. The quantitative estimate of drug-likeness (QED) is 0.909. The van der Waals surface area contributed by atoms with E-state index >= 15 is 0 Å². The molecule has 0 radical (unpaired) electrons. The highest BCUT2D eigenvalue weighted by molar-refractivity contribution is 7.85. The minimum atomic E-state index is -0.940. The normalized spacial score (nSPS) is 23.6. The Hall–Kier alpha value is -1.69. The molecule has 1 aliphatic rings. The van der Waals surface area contributed by atoms with Crippen molar-refractivity contribution in [3.05, 3.63) is 30.1 Å². The first-order valence-electron chi connectivity index (χ1n) is 6.20. The van der Waals surface area contributed by atoms with E-state index in [4.69, 9.17) is 5.11 Å². The maximum Gasteiger partial charge on any atom is 0.335 e. The van der Waals surface area contributed by atoms with Gasteiger partial charge in [0, 0.05) is 28.3 Å². The van der Waals surface area contributed by atoms with Gasteiger partial charge in [-0.25, -0.2) is 9.78 Å². The largest absolute Gasteiger partial charge is 0.478 e. The molecular formula is C13H14N2O3S. The number of carbonyl (C=O) groups is 1. The zero-order chi connectivity index (χ0) is 13.4. The first-order chi connectivity index (χ1) is 9.15. The maximum absolute atomic E-state index is 11.4. The van der Waals surface area contributed by atoms with Crippen LogP contribution in [0.5, 0.6) is 0 Å². The van der Waals surface area contributed by atoms with Crippen LogP contribution in [-0.2, 0) is 10.8 Å². The summed E-state index contributed by atoms with van der Waals surface area (Å²) in [5.41, 5.74) is 1.90. The Morgan fingerprint density at radius 2 is 2.11 bits per heavy atom. The first-order valence-corrected chi connectivity index (χ1v) is 7.69. The summed E-state index contributed by atoms with van der Waals surface area (Å²) >= 11 is 0. The van der Waals surface area contributed by atoms with E-state index in [2.05, 4.69) is 9.55 Å². The van der Waals surface area contributed by atoms with E-state index < -0.39 is 16.8 Å². The van der Waals surface area contributed by atoms with Gasteiger partial charge in [-0.15, -0.1) is 0 Å². The summed E-state index contributed by atoms with van der Waals surface area (Å²) in [6, 6.07) is 5.31. The number of carboxylic acid groups (broad SMARTS) is 1. The molecule has 6 heteroatoms. The van der Waals surface area contributed by atoms with Gasteiger partial charge < -0.3 is 9.67 Å². The van der Waals surface area contributed by atoms with Gasteiger partial charge in [-0.1, -0.05) is 0 Å². The summed E-state index contributed by atoms with van der Waals surface area (Å²) in [7, 11) is -0.678. The van der Waals surface area contributed by atoms with Gasteiger partial charge >= 0.3 is 5.97 Å². The van der Waals surface area contributed by atoms with Crippen molar-refractivity contribution in [2.24, 2.45) is 0 Å². The molecule has 0 aliphatic carbocycles. The van der Waals surface area contributed by atoms with Gasteiger partial charge in [0.05, 0.1) is 22.9 Å². The second-order valence-corrected chi connectivity index (χ2v) is 6.44. The van der Waals surface area contributed by atoms with Crippen LogP contribution in [0, 0.1) is 0 Å². The van der Waals surface area contributed by atoms with Crippen LogP contribution >= 0.6 is 0 Å². The Bertz CT molecular complexity index is 655. The first kappa shape index (κ1) is 12.3. The monoisotopic (exact) mass is 278 g/mol. The van der Waals surface area contributed by atoms with E-state index in [1.807, 2.05) is 0 Å². The van der Waals surface area contributed by atoms with Gasteiger partial charge in [-0.05, 0) is 31.0 Å². The summed E-state index contributed by atoms with van der Waals surface area (Å²) in [6.07, 6.45) is 3.53. The van der Waals surface area contributed by atoms with Crippen LogP contribution in [0.3, 0.4) is 0 Å². The van der Waals surface area contributed by atoms with Gasteiger partial charge in [-0.2, -0.15) is 0 Å². The third kappa shape index (κ3) is 2.28. The van der Waals surface area contributed by atoms with Crippen LogP contribution in [0.1, 0.15) is 29.2 Å². The fraction of sp³-hybridized carbons (Fsp3) is 0.385. The molecule has 0 unspecified atom stereocenters. The number of imidazole rings is 1. The van der Waals surface area contributed by atoms with Crippen molar-refractivity contribution in [1.29, 1.82) is 0 Å². The number of hydrogen-bond donors (Lipinski definition) is 1. The summed E-state index contributed by atoms with van der Waals surface area (Å²) in [5.74, 6) is 0.527. The molecule has 0 amide bonds. The topological polar surface area (TPSA) is 72.2 Å². The molecule has 1 fully saturated rings.